The summed E-state index contributed by atoms with van der Waals surface area (Å²) in [6.45, 7) is 0.683. The van der Waals surface area contributed by atoms with Crippen LogP contribution in [0.2, 0.25) is 0 Å². The van der Waals surface area contributed by atoms with E-state index in [4.69, 9.17) is 10.8 Å². The maximum absolute atomic E-state index is 10.8. The van der Waals surface area contributed by atoms with Crippen LogP contribution in [0.4, 0.5) is 11.4 Å². The fourth-order valence-electron chi connectivity index (χ4n) is 1.50. The third-order valence-corrected chi connectivity index (χ3v) is 4.00. The summed E-state index contributed by atoms with van der Waals surface area (Å²) in [5.41, 5.74) is 6.87. The van der Waals surface area contributed by atoms with E-state index in [1.54, 1.807) is 23.5 Å². The van der Waals surface area contributed by atoms with E-state index in [0.29, 0.717) is 6.54 Å². The van der Waals surface area contributed by atoms with E-state index in [2.05, 4.69) is 21.2 Å². The molecule has 0 fully saturated rings. The second kappa shape index (κ2) is 5.41. The van der Waals surface area contributed by atoms with Crippen molar-refractivity contribution in [3.63, 3.8) is 0 Å². The lowest BCUT2D eigenvalue weighted by atomic mass is 10.1. The molecular formula is C12H11BrN2O2S. The zero-order valence-corrected chi connectivity index (χ0v) is 11.7. The molecule has 4 nitrogen and oxygen atoms in total. The van der Waals surface area contributed by atoms with Crippen LogP contribution in [0.5, 0.6) is 0 Å². The van der Waals surface area contributed by atoms with E-state index in [1.165, 1.54) is 10.9 Å². The van der Waals surface area contributed by atoms with Gasteiger partial charge in [0.25, 0.3) is 0 Å². The maximum atomic E-state index is 10.8. The van der Waals surface area contributed by atoms with Crippen LogP contribution >= 0.6 is 27.3 Å². The summed E-state index contributed by atoms with van der Waals surface area (Å²) < 4.78 is 1.08. The molecule has 0 aliphatic carbocycles. The average molecular weight is 327 g/mol. The Morgan fingerprint density at radius 3 is 2.72 bits per heavy atom. The van der Waals surface area contributed by atoms with Gasteiger partial charge in [0.05, 0.1) is 9.35 Å². The van der Waals surface area contributed by atoms with Gasteiger partial charge in [0.15, 0.2) is 0 Å². The molecule has 0 bridgehead atoms. The van der Waals surface area contributed by atoms with Gasteiger partial charge in [-0.15, -0.1) is 11.3 Å². The minimum absolute atomic E-state index is 0.124. The maximum Gasteiger partial charge on any atom is 0.337 e. The Morgan fingerprint density at radius 1 is 1.39 bits per heavy atom. The van der Waals surface area contributed by atoms with Crippen molar-refractivity contribution in [2.24, 2.45) is 0 Å². The van der Waals surface area contributed by atoms with Crippen LogP contribution in [0.1, 0.15) is 15.2 Å². The van der Waals surface area contributed by atoms with Gasteiger partial charge in [-0.3, -0.25) is 0 Å². The number of nitrogen functional groups attached to an aromatic ring is 1. The van der Waals surface area contributed by atoms with Crippen LogP contribution in [-0.4, -0.2) is 11.1 Å². The highest BCUT2D eigenvalue weighted by molar-refractivity contribution is 9.11. The van der Waals surface area contributed by atoms with Gasteiger partial charge in [-0.05, 0) is 46.3 Å². The summed E-state index contributed by atoms with van der Waals surface area (Å²) >= 11 is 5.05. The van der Waals surface area contributed by atoms with Crippen molar-refractivity contribution in [2.75, 3.05) is 11.1 Å². The van der Waals surface area contributed by atoms with Crippen LogP contribution < -0.4 is 11.1 Å². The van der Waals surface area contributed by atoms with Crippen LogP contribution in [0.25, 0.3) is 0 Å². The Bertz CT molecular complexity index is 583. The molecule has 0 spiro atoms. The summed E-state index contributed by atoms with van der Waals surface area (Å²) in [6.07, 6.45) is 0. The fourth-order valence-corrected chi connectivity index (χ4v) is 2.93. The number of rotatable bonds is 4. The molecule has 1 aromatic heterocycles. The van der Waals surface area contributed by atoms with E-state index < -0.39 is 5.97 Å². The molecule has 0 aliphatic rings. The molecule has 2 aromatic rings. The number of hydrogen-bond acceptors (Lipinski definition) is 4. The zero-order valence-electron chi connectivity index (χ0n) is 9.31. The summed E-state index contributed by atoms with van der Waals surface area (Å²) in [5.74, 6) is -1.01. The number of hydrogen-bond donors (Lipinski definition) is 3. The lowest BCUT2D eigenvalue weighted by Crippen LogP contribution is -2.04. The molecule has 0 saturated carbocycles. The first kappa shape index (κ1) is 12.9. The quantitative estimate of drug-likeness (QED) is 0.752. The second-order valence-electron chi connectivity index (χ2n) is 3.67. The monoisotopic (exact) mass is 326 g/mol. The second-order valence-corrected chi connectivity index (χ2v) is 6.21. The first-order chi connectivity index (χ1) is 8.56. The fraction of sp³-hybridized carbons (Fsp3) is 0.0833. The lowest BCUT2D eigenvalue weighted by molar-refractivity contribution is 0.0698. The summed E-state index contributed by atoms with van der Waals surface area (Å²) in [4.78, 5) is 12.0. The predicted molar refractivity (Wildman–Crippen MR) is 77.2 cm³/mol. The predicted octanol–water partition coefficient (Wildman–Crippen LogP) is 3.40. The number of thiophene rings is 1. The van der Waals surface area contributed by atoms with Gasteiger partial charge in [-0.25, -0.2) is 4.79 Å². The topological polar surface area (TPSA) is 75.3 Å². The van der Waals surface area contributed by atoms with Gasteiger partial charge >= 0.3 is 5.97 Å². The van der Waals surface area contributed by atoms with Gasteiger partial charge in [0.1, 0.15) is 0 Å². The number of halogens is 1. The molecule has 2 rings (SSSR count). The summed E-state index contributed by atoms with van der Waals surface area (Å²) in [5, 5.41) is 12.1. The number of benzene rings is 1. The molecule has 94 valence electrons. The number of carboxylic acid groups (broad SMARTS) is 1. The number of anilines is 2. The molecular weight excluding hydrogens is 316 g/mol. The van der Waals surface area contributed by atoms with Gasteiger partial charge in [0.2, 0.25) is 0 Å². The number of nitrogens with two attached hydrogens (primary N) is 1. The summed E-state index contributed by atoms with van der Waals surface area (Å²) in [6, 6.07) is 8.86. The molecule has 0 saturated heterocycles. The molecule has 6 heteroatoms. The zero-order chi connectivity index (χ0) is 13.1. The largest absolute Gasteiger partial charge is 0.478 e. The standard InChI is InChI=1S/C12H11BrN2O2S/c13-11-4-2-8(18-11)6-15-7-1-3-9(12(16)17)10(14)5-7/h1-5,15H,6,14H2,(H,16,17). The molecule has 0 amide bonds. The van der Waals surface area contributed by atoms with Crippen molar-refractivity contribution in [2.45, 2.75) is 6.54 Å². The normalized spacial score (nSPS) is 10.3. The first-order valence-electron chi connectivity index (χ1n) is 5.17. The lowest BCUT2D eigenvalue weighted by Gasteiger charge is -2.07. The Balaban J connectivity index is 2.06. The summed E-state index contributed by atoms with van der Waals surface area (Å²) in [7, 11) is 0. The van der Waals surface area contributed by atoms with Gasteiger partial charge in [0, 0.05) is 22.8 Å². The minimum Gasteiger partial charge on any atom is -0.478 e. The number of carboxylic acids is 1. The van der Waals surface area contributed by atoms with E-state index >= 15 is 0 Å². The van der Waals surface area contributed by atoms with E-state index in [-0.39, 0.29) is 11.3 Å². The average Bonchev–Trinajstić information content (AvgIpc) is 2.72. The van der Waals surface area contributed by atoms with Crippen molar-refractivity contribution in [1.29, 1.82) is 0 Å². The highest BCUT2D eigenvalue weighted by Gasteiger charge is 2.07. The van der Waals surface area contributed by atoms with E-state index in [9.17, 15) is 4.79 Å². The third kappa shape index (κ3) is 3.02. The smallest absolute Gasteiger partial charge is 0.337 e. The molecule has 0 radical (unpaired) electrons. The van der Waals surface area contributed by atoms with Crippen molar-refractivity contribution >= 4 is 44.6 Å². The molecule has 4 N–H and O–H groups in total. The third-order valence-electron chi connectivity index (χ3n) is 2.38. The van der Waals surface area contributed by atoms with E-state index in [1.807, 2.05) is 12.1 Å². The Labute approximate surface area is 117 Å². The number of aromatic carboxylic acids is 1. The van der Waals surface area contributed by atoms with Gasteiger partial charge in [-0.1, -0.05) is 0 Å². The molecule has 0 atom stereocenters. The number of nitrogens with one attached hydrogen (secondary N) is 1. The highest BCUT2D eigenvalue weighted by Crippen LogP contribution is 2.24. The molecule has 0 unspecified atom stereocenters. The number of carbonyl (C=O) groups is 1. The Kier molecular flexibility index (Phi) is 3.88. The van der Waals surface area contributed by atoms with Crippen LogP contribution in [0.3, 0.4) is 0 Å². The Morgan fingerprint density at radius 2 is 2.17 bits per heavy atom. The van der Waals surface area contributed by atoms with Crippen LogP contribution in [0, 0.1) is 0 Å². The first-order valence-corrected chi connectivity index (χ1v) is 6.78. The van der Waals surface area contributed by atoms with Crippen molar-refractivity contribution in [1.82, 2.24) is 0 Å². The Hall–Kier alpha value is -1.53. The molecule has 0 aliphatic heterocycles. The minimum atomic E-state index is -1.01. The SMILES string of the molecule is Nc1cc(NCc2ccc(Br)s2)ccc1C(=O)O. The van der Waals surface area contributed by atoms with Crippen molar-refractivity contribution < 1.29 is 9.90 Å². The van der Waals surface area contributed by atoms with Crippen LogP contribution in [-0.2, 0) is 6.54 Å². The van der Waals surface area contributed by atoms with Crippen LogP contribution in [0.15, 0.2) is 34.1 Å². The highest BCUT2D eigenvalue weighted by atomic mass is 79.9. The van der Waals surface area contributed by atoms with Gasteiger partial charge < -0.3 is 16.2 Å². The van der Waals surface area contributed by atoms with E-state index in [0.717, 1.165) is 9.47 Å². The molecule has 1 heterocycles. The van der Waals surface area contributed by atoms with Crippen molar-refractivity contribution in [3.8, 4) is 0 Å². The molecule has 18 heavy (non-hydrogen) atoms. The van der Waals surface area contributed by atoms with Crippen molar-refractivity contribution in [3.05, 3.63) is 44.6 Å². The van der Waals surface area contributed by atoms with Gasteiger partial charge in [-0.2, -0.15) is 0 Å². The molecule has 1 aromatic carbocycles.